The van der Waals surface area contributed by atoms with Crippen LogP contribution in [0.5, 0.6) is 0 Å². The van der Waals surface area contributed by atoms with Gasteiger partial charge in [0.15, 0.2) is 0 Å². The number of carbonyl (C=O) groups is 2. The van der Waals surface area contributed by atoms with Gasteiger partial charge in [-0.2, -0.15) is 0 Å². The average molecular weight is 267 g/mol. The van der Waals surface area contributed by atoms with Gasteiger partial charge in [0, 0.05) is 26.1 Å². The van der Waals surface area contributed by atoms with Crippen molar-refractivity contribution in [3.63, 3.8) is 0 Å². The number of rotatable bonds is 5. The van der Waals surface area contributed by atoms with Gasteiger partial charge in [0.25, 0.3) is 0 Å². The lowest BCUT2D eigenvalue weighted by atomic mass is 9.97. The van der Waals surface area contributed by atoms with Crippen LogP contribution < -0.4 is 5.32 Å². The minimum absolute atomic E-state index is 0.108. The largest absolute Gasteiger partial charge is 0.341 e. The first-order valence-corrected chi connectivity index (χ1v) is 7.47. The van der Waals surface area contributed by atoms with Gasteiger partial charge in [0.2, 0.25) is 11.8 Å². The number of likely N-dealkylation sites (tertiary alicyclic amines) is 1. The van der Waals surface area contributed by atoms with Crippen LogP contribution in [0.1, 0.15) is 32.6 Å². The van der Waals surface area contributed by atoms with Crippen molar-refractivity contribution in [2.45, 2.75) is 32.6 Å². The average Bonchev–Trinajstić information content (AvgIpc) is 2.82. The van der Waals surface area contributed by atoms with Crippen molar-refractivity contribution in [3.8, 4) is 0 Å². The summed E-state index contributed by atoms with van der Waals surface area (Å²) in [4.78, 5) is 27.4. The monoisotopic (exact) mass is 267 g/mol. The molecule has 0 bridgehead atoms. The zero-order valence-corrected chi connectivity index (χ0v) is 11.9. The highest BCUT2D eigenvalue weighted by molar-refractivity contribution is 5.85. The summed E-state index contributed by atoms with van der Waals surface area (Å²) in [6.07, 6.45) is 3.79. The molecule has 2 heterocycles. The predicted molar refractivity (Wildman–Crippen MR) is 73.7 cm³/mol. The number of amides is 2. The summed E-state index contributed by atoms with van der Waals surface area (Å²) in [6.45, 7) is 6.74. The Bertz CT molecular complexity index is 327. The van der Waals surface area contributed by atoms with E-state index in [2.05, 4.69) is 5.32 Å². The first-order valence-electron chi connectivity index (χ1n) is 7.47. The maximum Gasteiger partial charge on any atom is 0.242 e. The number of nitrogens with one attached hydrogen (secondary N) is 1. The summed E-state index contributed by atoms with van der Waals surface area (Å²) in [5.74, 6) is 0.849. The Kier molecular flexibility index (Phi) is 5.19. The molecule has 0 aliphatic carbocycles. The van der Waals surface area contributed by atoms with E-state index in [9.17, 15) is 9.59 Å². The number of hydrogen-bond acceptors (Lipinski definition) is 3. The van der Waals surface area contributed by atoms with E-state index in [1.54, 1.807) is 4.90 Å². The Morgan fingerprint density at radius 2 is 2.16 bits per heavy atom. The Morgan fingerprint density at radius 3 is 2.74 bits per heavy atom. The van der Waals surface area contributed by atoms with Crippen molar-refractivity contribution in [2.75, 3.05) is 39.3 Å². The molecule has 0 aromatic carbocycles. The molecule has 5 nitrogen and oxygen atoms in total. The molecule has 0 atom stereocenters. The third kappa shape index (κ3) is 3.93. The number of carbonyl (C=O) groups excluding carboxylic acids is 2. The second-order valence-electron chi connectivity index (χ2n) is 5.54. The Balaban J connectivity index is 1.82. The molecule has 1 N–H and O–H groups in total. The zero-order valence-electron chi connectivity index (χ0n) is 11.9. The maximum absolute atomic E-state index is 12.3. The predicted octanol–water partition coefficient (Wildman–Crippen LogP) is 0.457. The Labute approximate surface area is 115 Å². The van der Waals surface area contributed by atoms with Crippen LogP contribution >= 0.6 is 0 Å². The van der Waals surface area contributed by atoms with Crippen LogP contribution in [0, 0.1) is 5.92 Å². The molecule has 0 unspecified atom stereocenters. The standard InChI is InChI=1S/C14H25N3O2/c1-2-16(10-12-5-7-15-8-6-12)14(19)11-17-9-3-4-13(17)18/h12,15H,2-11H2,1H3. The Morgan fingerprint density at radius 1 is 1.42 bits per heavy atom. The maximum atomic E-state index is 12.3. The second-order valence-corrected chi connectivity index (χ2v) is 5.54. The summed E-state index contributed by atoms with van der Waals surface area (Å²) in [5, 5.41) is 3.34. The molecular weight excluding hydrogens is 242 g/mol. The quantitative estimate of drug-likeness (QED) is 0.787. The lowest BCUT2D eigenvalue weighted by Crippen LogP contribution is -2.44. The Hall–Kier alpha value is -1.10. The zero-order chi connectivity index (χ0) is 13.7. The van der Waals surface area contributed by atoms with Gasteiger partial charge in [0.05, 0.1) is 6.54 Å². The SMILES string of the molecule is CCN(CC1CCNCC1)C(=O)CN1CCCC1=O. The molecule has 2 aliphatic heterocycles. The molecule has 0 radical (unpaired) electrons. The summed E-state index contributed by atoms with van der Waals surface area (Å²) in [6, 6.07) is 0. The molecule has 0 saturated carbocycles. The molecule has 0 spiro atoms. The van der Waals surface area contributed by atoms with E-state index in [4.69, 9.17) is 0 Å². The van der Waals surface area contributed by atoms with Gasteiger partial charge < -0.3 is 15.1 Å². The van der Waals surface area contributed by atoms with E-state index < -0.39 is 0 Å². The summed E-state index contributed by atoms with van der Waals surface area (Å²) in [7, 11) is 0. The van der Waals surface area contributed by atoms with E-state index in [1.165, 1.54) is 0 Å². The molecule has 2 amide bonds. The first kappa shape index (κ1) is 14.3. The highest BCUT2D eigenvalue weighted by Crippen LogP contribution is 2.15. The molecule has 2 fully saturated rings. The van der Waals surface area contributed by atoms with Crippen molar-refractivity contribution in [3.05, 3.63) is 0 Å². The molecule has 0 aromatic rings. The lowest BCUT2D eigenvalue weighted by molar-refractivity contribution is -0.138. The van der Waals surface area contributed by atoms with E-state index in [-0.39, 0.29) is 18.4 Å². The van der Waals surface area contributed by atoms with Gasteiger partial charge in [-0.25, -0.2) is 0 Å². The van der Waals surface area contributed by atoms with Crippen LogP contribution in [-0.2, 0) is 9.59 Å². The molecule has 108 valence electrons. The third-order valence-electron chi connectivity index (χ3n) is 4.17. The fraction of sp³-hybridized carbons (Fsp3) is 0.857. The van der Waals surface area contributed by atoms with Crippen LogP contribution in [0.25, 0.3) is 0 Å². The van der Waals surface area contributed by atoms with E-state index in [1.807, 2.05) is 11.8 Å². The summed E-state index contributed by atoms with van der Waals surface area (Å²) >= 11 is 0. The van der Waals surface area contributed by atoms with E-state index in [0.717, 1.165) is 52.0 Å². The third-order valence-corrected chi connectivity index (χ3v) is 4.17. The summed E-state index contributed by atoms with van der Waals surface area (Å²) < 4.78 is 0. The highest BCUT2D eigenvalue weighted by Gasteiger charge is 2.25. The van der Waals surface area contributed by atoms with Crippen molar-refractivity contribution in [1.82, 2.24) is 15.1 Å². The van der Waals surface area contributed by atoms with Crippen LogP contribution in [0.3, 0.4) is 0 Å². The fourth-order valence-electron chi connectivity index (χ4n) is 2.92. The lowest BCUT2D eigenvalue weighted by Gasteiger charge is -2.30. The molecule has 2 aliphatic rings. The number of piperidine rings is 1. The van der Waals surface area contributed by atoms with Crippen molar-refractivity contribution in [2.24, 2.45) is 5.92 Å². The van der Waals surface area contributed by atoms with E-state index >= 15 is 0 Å². The highest BCUT2D eigenvalue weighted by atomic mass is 16.2. The second kappa shape index (κ2) is 6.89. The van der Waals surface area contributed by atoms with Crippen molar-refractivity contribution in [1.29, 1.82) is 0 Å². The molecule has 2 rings (SSSR count). The van der Waals surface area contributed by atoms with Crippen molar-refractivity contribution >= 4 is 11.8 Å². The minimum atomic E-state index is 0.108. The number of likely N-dealkylation sites (N-methyl/N-ethyl adjacent to an activating group) is 1. The van der Waals surface area contributed by atoms with Crippen LogP contribution in [0.2, 0.25) is 0 Å². The van der Waals surface area contributed by atoms with Gasteiger partial charge >= 0.3 is 0 Å². The van der Waals surface area contributed by atoms with Crippen LogP contribution in [0.15, 0.2) is 0 Å². The smallest absolute Gasteiger partial charge is 0.242 e. The van der Waals surface area contributed by atoms with Crippen molar-refractivity contribution < 1.29 is 9.59 Å². The molecule has 5 heteroatoms. The van der Waals surface area contributed by atoms with Gasteiger partial charge in [0.1, 0.15) is 0 Å². The molecular formula is C14H25N3O2. The minimum Gasteiger partial charge on any atom is -0.341 e. The van der Waals surface area contributed by atoms with Crippen LogP contribution in [-0.4, -0.2) is 60.9 Å². The normalized spacial score (nSPS) is 20.9. The number of nitrogens with zero attached hydrogens (tertiary/aromatic N) is 2. The first-order chi connectivity index (χ1) is 9.20. The van der Waals surface area contributed by atoms with Crippen LogP contribution in [0.4, 0.5) is 0 Å². The topological polar surface area (TPSA) is 52.7 Å². The van der Waals surface area contributed by atoms with Gasteiger partial charge in [-0.05, 0) is 45.2 Å². The van der Waals surface area contributed by atoms with Gasteiger partial charge in [-0.1, -0.05) is 0 Å². The number of hydrogen-bond donors (Lipinski definition) is 1. The molecule has 2 saturated heterocycles. The molecule has 0 aromatic heterocycles. The summed E-state index contributed by atoms with van der Waals surface area (Å²) in [5.41, 5.74) is 0. The van der Waals surface area contributed by atoms with Gasteiger partial charge in [-0.3, -0.25) is 9.59 Å². The van der Waals surface area contributed by atoms with E-state index in [0.29, 0.717) is 12.3 Å². The molecule has 19 heavy (non-hydrogen) atoms. The fourth-order valence-corrected chi connectivity index (χ4v) is 2.92. The van der Waals surface area contributed by atoms with Gasteiger partial charge in [-0.15, -0.1) is 0 Å².